The van der Waals surface area contributed by atoms with Crippen molar-refractivity contribution in [3.63, 3.8) is 0 Å². The van der Waals surface area contributed by atoms with Crippen LogP contribution < -0.4 is 4.74 Å². The van der Waals surface area contributed by atoms with Crippen molar-refractivity contribution in [3.05, 3.63) is 71.4 Å². The second kappa shape index (κ2) is 5.96. The smallest absolute Gasteiger partial charge is 0.177 e. The minimum absolute atomic E-state index is 0.0190. The third-order valence-electron chi connectivity index (χ3n) is 4.42. The normalized spacial score (nSPS) is 13.7. The van der Waals surface area contributed by atoms with Gasteiger partial charge in [-0.1, -0.05) is 24.3 Å². The van der Waals surface area contributed by atoms with Gasteiger partial charge in [-0.3, -0.25) is 9.89 Å². The maximum atomic E-state index is 11.3. The van der Waals surface area contributed by atoms with Crippen LogP contribution in [0.4, 0.5) is 0 Å². The fraction of sp³-hybridized carbons (Fsp3) is 0.200. The van der Waals surface area contributed by atoms with E-state index >= 15 is 0 Å². The molecule has 3 aromatic rings. The molecule has 4 rings (SSSR count). The van der Waals surface area contributed by atoms with Gasteiger partial charge >= 0.3 is 0 Å². The number of benzene rings is 2. The number of aromatic amines is 1. The van der Waals surface area contributed by atoms with Crippen LogP contribution in [0, 0.1) is 0 Å². The predicted molar refractivity (Wildman–Crippen MR) is 92.3 cm³/mol. The maximum absolute atomic E-state index is 11.3. The quantitative estimate of drug-likeness (QED) is 0.744. The summed E-state index contributed by atoms with van der Waals surface area (Å²) in [5, 5.41) is 6.94. The van der Waals surface area contributed by atoms with Gasteiger partial charge in [0.15, 0.2) is 5.78 Å². The third kappa shape index (κ3) is 2.83. The van der Waals surface area contributed by atoms with Crippen LogP contribution in [0.2, 0.25) is 0 Å². The molecule has 2 aromatic carbocycles. The lowest BCUT2D eigenvalue weighted by Crippen LogP contribution is -2.16. The van der Waals surface area contributed by atoms with Crippen LogP contribution in [0.5, 0.6) is 5.75 Å². The lowest BCUT2D eigenvalue weighted by Gasteiger charge is -2.13. The SMILES string of the molecule is CC(=O)c1cc(-c2ccc(OC3Cc4ccccc4C3)cc2)n[nH]1. The Bertz CT molecular complexity index is 856. The molecule has 0 radical (unpaired) electrons. The standard InChI is InChI=1S/C20H18N2O2/c1-13(23)19-12-20(22-21-19)14-6-8-17(9-7-14)24-18-10-15-4-2-3-5-16(15)11-18/h2-9,12,18H,10-11H2,1H3,(H,21,22). The summed E-state index contributed by atoms with van der Waals surface area (Å²) in [6.45, 7) is 1.52. The molecule has 1 aliphatic rings. The Labute approximate surface area is 140 Å². The van der Waals surface area contributed by atoms with Crippen molar-refractivity contribution in [2.24, 2.45) is 0 Å². The van der Waals surface area contributed by atoms with E-state index in [1.165, 1.54) is 18.1 Å². The highest BCUT2D eigenvalue weighted by Gasteiger charge is 2.22. The molecule has 1 heterocycles. The van der Waals surface area contributed by atoms with Crippen LogP contribution in [-0.4, -0.2) is 22.1 Å². The fourth-order valence-electron chi connectivity index (χ4n) is 3.15. The first kappa shape index (κ1) is 14.7. The van der Waals surface area contributed by atoms with Crippen molar-refractivity contribution in [1.29, 1.82) is 0 Å². The van der Waals surface area contributed by atoms with Crippen LogP contribution in [0.3, 0.4) is 0 Å². The molecule has 1 N–H and O–H groups in total. The van der Waals surface area contributed by atoms with Gasteiger partial charge in [-0.2, -0.15) is 5.10 Å². The Morgan fingerprint density at radius 1 is 1.08 bits per heavy atom. The molecule has 0 aliphatic heterocycles. The zero-order valence-electron chi connectivity index (χ0n) is 13.5. The van der Waals surface area contributed by atoms with E-state index in [1.807, 2.05) is 24.3 Å². The van der Waals surface area contributed by atoms with Gasteiger partial charge in [-0.05, 0) is 41.5 Å². The number of nitrogens with zero attached hydrogens (tertiary/aromatic N) is 1. The predicted octanol–water partition coefficient (Wildman–Crippen LogP) is 3.83. The number of rotatable bonds is 4. The highest BCUT2D eigenvalue weighted by molar-refractivity contribution is 5.93. The highest BCUT2D eigenvalue weighted by Crippen LogP contribution is 2.27. The summed E-state index contributed by atoms with van der Waals surface area (Å²) >= 11 is 0. The molecular formula is C20H18N2O2. The number of fused-ring (bicyclic) bond motifs is 1. The van der Waals surface area contributed by atoms with Crippen molar-refractivity contribution in [3.8, 4) is 17.0 Å². The summed E-state index contributed by atoms with van der Waals surface area (Å²) in [4.78, 5) is 11.3. The molecule has 0 unspecified atom stereocenters. The number of hydrogen-bond acceptors (Lipinski definition) is 3. The first-order valence-corrected chi connectivity index (χ1v) is 8.09. The van der Waals surface area contributed by atoms with Gasteiger partial charge < -0.3 is 4.74 Å². The Kier molecular flexibility index (Phi) is 3.65. The average molecular weight is 318 g/mol. The zero-order valence-corrected chi connectivity index (χ0v) is 13.5. The molecule has 24 heavy (non-hydrogen) atoms. The van der Waals surface area contributed by atoms with E-state index in [0.717, 1.165) is 29.8 Å². The Balaban J connectivity index is 1.46. The molecule has 0 saturated heterocycles. The van der Waals surface area contributed by atoms with Gasteiger partial charge in [0.05, 0.1) is 5.69 Å². The number of carbonyl (C=O) groups excluding carboxylic acids is 1. The summed E-state index contributed by atoms with van der Waals surface area (Å²) in [5.74, 6) is 0.841. The zero-order chi connectivity index (χ0) is 16.5. The third-order valence-corrected chi connectivity index (χ3v) is 4.42. The van der Waals surface area contributed by atoms with Crippen molar-refractivity contribution in [1.82, 2.24) is 10.2 Å². The van der Waals surface area contributed by atoms with E-state index in [2.05, 4.69) is 34.5 Å². The van der Waals surface area contributed by atoms with Gasteiger partial charge in [0.1, 0.15) is 17.5 Å². The number of H-pyrrole nitrogens is 1. The molecule has 1 aromatic heterocycles. The second-order valence-corrected chi connectivity index (χ2v) is 6.16. The maximum Gasteiger partial charge on any atom is 0.177 e. The largest absolute Gasteiger partial charge is 0.490 e. The topological polar surface area (TPSA) is 55.0 Å². The molecule has 4 heteroatoms. The van der Waals surface area contributed by atoms with E-state index in [0.29, 0.717) is 5.69 Å². The fourth-order valence-corrected chi connectivity index (χ4v) is 3.15. The van der Waals surface area contributed by atoms with Gasteiger partial charge in [0.2, 0.25) is 0 Å². The molecule has 0 atom stereocenters. The number of aromatic nitrogens is 2. The van der Waals surface area contributed by atoms with E-state index < -0.39 is 0 Å². The summed E-state index contributed by atoms with van der Waals surface area (Å²) in [7, 11) is 0. The molecule has 0 amide bonds. The molecule has 1 aliphatic carbocycles. The minimum Gasteiger partial charge on any atom is -0.490 e. The van der Waals surface area contributed by atoms with Gasteiger partial charge in [0.25, 0.3) is 0 Å². The summed E-state index contributed by atoms with van der Waals surface area (Å²) < 4.78 is 6.11. The van der Waals surface area contributed by atoms with Gasteiger partial charge in [-0.15, -0.1) is 0 Å². The van der Waals surface area contributed by atoms with Crippen molar-refractivity contribution < 1.29 is 9.53 Å². The van der Waals surface area contributed by atoms with E-state index in [-0.39, 0.29) is 11.9 Å². The van der Waals surface area contributed by atoms with Crippen LogP contribution in [0.25, 0.3) is 11.3 Å². The number of hydrogen-bond donors (Lipinski definition) is 1. The van der Waals surface area contributed by atoms with Crippen molar-refractivity contribution in [2.45, 2.75) is 25.9 Å². The summed E-state index contributed by atoms with van der Waals surface area (Å²) in [5.41, 5.74) is 5.01. The molecule has 120 valence electrons. The van der Waals surface area contributed by atoms with Crippen LogP contribution in [-0.2, 0) is 12.8 Å². The summed E-state index contributed by atoms with van der Waals surface area (Å²) in [6.07, 6.45) is 2.11. The van der Waals surface area contributed by atoms with Crippen LogP contribution in [0.15, 0.2) is 54.6 Å². The second-order valence-electron chi connectivity index (χ2n) is 6.16. The molecule has 0 spiro atoms. The molecule has 0 bridgehead atoms. The van der Waals surface area contributed by atoms with E-state index in [4.69, 9.17) is 4.74 Å². The number of ketones is 1. The number of carbonyl (C=O) groups is 1. The number of Topliss-reactive ketones (excluding diaryl/α,β-unsaturated/α-hetero) is 1. The van der Waals surface area contributed by atoms with Crippen molar-refractivity contribution in [2.75, 3.05) is 0 Å². The Morgan fingerprint density at radius 3 is 2.33 bits per heavy atom. The minimum atomic E-state index is -0.0190. The van der Waals surface area contributed by atoms with Crippen LogP contribution >= 0.6 is 0 Å². The Hall–Kier alpha value is -2.88. The summed E-state index contributed by atoms with van der Waals surface area (Å²) in [6, 6.07) is 18.1. The molecular weight excluding hydrogens is 300 g/mol. The lowest BCUT2D eigenvalue weighted by molar-refractivity contribution is 0.101. The van der Waals surface area contributed by atoms with Gasteiger partial charge in [0, 0.05) is 25.3 Å². The molecule has 0 fully saturated rings. The Morgan fingerprint density at radius 2 is 1.75 bits per heavy atom. The highest BCUT2D eigenvalue weighted by atomic mass is 16.5. The number of ether oxygens (including phenoxy) is 1. The average Bonchev–Trinajstić information content (AvgIpc) is 3.22. The molecule has 0 saturated carbocycles. The van der Waals surface area contributed by atoms with Crippen LogP contribution in [0.1, 0.15) is 28.5 Å². The number of nitrogens with one attached hydrogen (secondary N) is 1. The molecule has 4 nitrogen and oxygen atoms in total. The first-order valence-electron chi connectivity index (χ1n) is 8.09. The van der Waals surface area contributed by atoms with Gasteiger partial charge in [-0.25, -0.2) is 0 Å². The van der Waals surface area contributed by atoms with Crippen molar-refractivity contribution >= 4 is 5.78 Å². The first-order chi connectivity index (χ1) is 11.7. The van der Waals surface area contributed by atoms with E-state index in [9.17, 15) is 4.79 Å². The monoisotopic (exact) mass is 318 g/mol. The van der Waals surface area contributed by atoms with E-state index in [1.54, 1.807) is 6.07 Å². The lowest BCUT2D eigenvalue weighted by atomic mass is 10.1.